The topological polar surface area (TPSA) is 95.5 Å². The SMILES string of the molecule is COc1ccc([C@@H]([NH3+])CC(=O)[O-])c(OC)c1OC. The molecular weight excluding hydrogens is 238 g/mol. The summed E-state index contributed by atoms with van der Waals surface area (Å²) in [4.78, 5) is 10.6. The smallest absolute Gasteiger partial charge is 0.203 e. The first-order valence-electron chi connectivity index (χ1n) is 5.36. The van der Waals surface area contributed by atoms with Gasteiger partial charge in [0.25, 0.3) is 0 Å². The van der Waals surface area contributed by atoms with E-state index < -0.39 is 12.0 Å². The molecule has 0 aliphatic heterocycles. The van der Waals surface area contributed by atoms with Crippen LogP contribution in [0.25, 0.3) is 0 Å². The molecule has 0 heterocycles. The van der Waals surface area contributed by atoms with Crippen molar-refractivity contribution in [1.29, 1.82) is 0 Å². The number of carbonyl (C=O) groups is 1. The average molecular weight is 255 g/mol. The molecule has 6 heteroatoms. The zero-order chi connectivity index (χ0) is 13.7. The van der Waals surface area contributed by atoms with Crippen LogP contribution in [0, 0.1) is 0 Å². The van der Waals surface area contributed by atoms with E-state index in [1.54, 1.807) is 12.1 Å². The Morgan fingerprint density at radius 2 is 1.83 bits per heavy atom. The van der Waals surface area contributed by atoms with Gasteiger partial charge in [0.15, 0.2) is 11.5 Å². The molecule has 0 bridgehead atoms. The van der Waals surface area contributed by atoms with Crippen LogP contribution >= 0.6 is 0 Å². The maximum Gasteiger partial charge on any atom is 0.203 e. The number of carboxylic acids is 1. The minimum atomic E-state index is -1.16. The first kappa shape index (κ1) is 14.1. The number of carbonyl (C=O) groups excluding carboxylic acids is 1. The van der Waals surface area contributed by atoms with Crippen LogP contribution in [0.2, 0.25) is 0 Å². The molecule has 0 fully saturated rings. The second kappa shape index (κ2) is 6.11. The van der Waals surface area contributed by atoms with Gasteiger partial charge in [-0.3, -0.25) is 0 Å². The fraction of sp³-hybridized carbons (Fsp3) is 0.417. The molecule has 100 valence electrons. The number of aliphatic carboxylic acids is 1. The second-order valence-corrected chi connectivity index (χ2v) is 3.70. The molecule has 0 unspecified atom stereocenters. The Labute approximate surface area is 105 Å². The molecule has 0 saturated carbocycles. The summed E-state index contributed by atoms with van der Waals surface area (Å²) < 4.78 is 15.6. The van der Waals surface area contributed by atoms with Gasteiger partial charge in [-0.05, 0) is 12.1 Å². The largest absolute Gasteiger partial charge is 0.550 e. The number of ether oxygens (including phenoxy) is 3. The predicted molar refractivity (Wildman–Crippen MR) is 61.4 cm³/mol. The lowest BCUT2D eigenvalue weighted by Crippen LogP contribution is -2.55. The zero-order valence-corrected chi connectivity index (χ0v) is 10.7. The molecule has 0 amide bonds. The van der Waals surface area contributed by atoms with Crippen LogP contribution in [-0.4, -0.2) is 27.3 Å². The standard InChI is InChI=1S/C12H17NO5/c1-16-9-5-4-7(8(13)6-10(14)15)11(17-2)12(9)18-3/h4-5,8H,6,13H2,1-3H3,(H,14,15)/t8-/m0/s1. The van der Waals surface area contributed by atoms with Crippen LogP contribution in [0.3, 0.4) is 0 Å². The highest BCUT2D eigenvalue weighted by atomic mass is 16.5. The van der Waals surface area contributed by atoms with Crippen molar-refractivity contribution in [2.24, 2.45) is 0 Å². The van der Waals surface area contributed by atoms with E-state index >= 15 is 0 Å². The quantitative estimate of drug-likeness (QED) is 0.713. The monoisotopic (exact) mass is 255 g/mol. The van der Waals surface area contributed by atoms with Gasteiger partial charge in [-0.15, -0.1) is 0 Å². The average Bonchev–Trinajstić information content (AvgIpc) is 2.35. The Kier molecular flexibility index (Phi) is 4.79. The van der Waals surface area contributed by atoms with Crippen molar-refractivity contribution in [2.45, 2.75) is 12.5 Å². The number of quaternary nitrogens is 1. The fourth-order valence-electron chi connectivity index (χ4n) is 1.76. The van der Waals surface area contributed by atoms with Gasteiger partial charge in [0.1, 0.15) is 6.04 Å². The summed E-state index contributed by atoms with van der Waals surface area (Å²) in [7, 11) is 4.48. The van der Waals surface area contributed by atoms with Crippen LogP contribution in [0.1, 0.15) is 18.0 Å². The molecule has 1 rings (SSSR count). The van der Waals surface area contributed by atoms with Crippen LogP contribution in [0.15, 0.2) is 12.1 Å². The predicted octanol–water partition coefficient (Wildman–Crippen LogP) is -0.865. The van der Waals surface area contributed by atoms with Crippen LogP contribution in [-0.2, 0) is 4.79 Å². The molecule has 0 spiro atoms. The van der Waals surface area contributed by atoms with Gasteiger partial charge in [-0.2, -0.15) is 0 Å². The first-order chi connectivity index (χ1) is 8.54. The van der Waals surface area contributed by atoms with Crippen LogP contribution in [0.5, 0.6) is 17.2 Å². The molecule has 0 radical (unpaired) electrons. The molecule has 3 N–H and O–H groups in total. The summed E-state index contributed by atoms with van der Waals surface area (Å²) in [5.41, 5.74) is 4.43. The molecule has 6 nitrogen and oxygen atoms in total. The summed E-state index contributed by atoms with van der Waals surface area (Å²) in [6.45, 7) is 0. The number of methoxy groups -OCH3 is 3. The maximum absolute atomic E-state index is 10.6. The third kappa shape index (κ3) is 2.84. The van der Waals surface area contributed by atoms with E-state index in [0.717, 1.165) is 0 Å². The Hall–Kier alpha value is -1.95. The van der Waals surface area contributed by atoms with E-state index in [4.69, 9.17) is 14.2 Å². The lowest BCUT2D eigenvalue weighted by Gasteiger charge is -2.18. The molecular formula is C12H17NO5. The highest BCUT2D eigenvalue weighted by Gasteiger charge is 2.22. The molecule has 1 aromatic carbocycles. The van der Waals surface area contributed by atoms with Gasteiger partial charge in [0, 0.05) is 12.4 Å². The molecule has 0 aliphatic rings. The van der Waals surface area contributed by atoms with E-state index in [2.05, 4.69) is 5.73 Å². The van der Waals surface area contributed by atoms with Gasteiger partial charge in [0.05, 0.1) is 26.9 Å². The number of benzene rings is 1. The first-order valence-corrected chi connectivity index (χ1v) is 5.36. The summed E-state index contributed by atoms with van der Waals surface area (Å²) in [6.07, 6.45) is -0.189. The van der Waals surface area contributed by atoms with Gasteiger partial charge in [-0.25, -0.2) is 0 Å². The number of hydrogen-bond acceptors (Lipinski definition) is 5. The van der Waals surface area contributed by atoms with Crippen molar-refractivity contribution >= 4 is 5.97 Å². The van der Waals surface area contributed by atoms with Crippen LogP contribution in [0.4, 0.5) is 0 Å². The van der Waals surface area contributed by atoms with Crippen molar-refractivity contribution in [3.63, 3.8) is 0 Å². The minimum Gasteiger partial charge on any atom is -0.550 e. The van der Waals surface area contributed by atoms with Gasteiger partial charge in [-0.1, -0.05) is 0 Å². The third-order valence-electron chi connectivity index (χ3n) is 2.59. The van der Waals surface area contributed by atoms with Gasteiger partial charge >= 0.3 is 0 Å². The van der Waals surface area contributed by atoms with E-state index in [-0.39, 0.29) is 6.42 Å². The van der Waals surface area contributed by atoms with Crippen molar-refractivity contribution in [1.82, 2.24) is 0 Å². The zero-order valence-electron chi connectivity index (χ0n) is 10.7. The number of rotatable bonds is 6. The Morgan fingerprint density at radius 1 is 1.22 bits per heavy atom. The van der Waals surface area contributed by atoms with E-state index in [1.807, 2.05) is 0 Å². The number of carboxylic acid groups (broad SMARTS) is 1. The summed E-state index contributed by atoms with van der Waals surface area (Å²) in [6, 6.07) is 2.91. The molecule has 1 atom stereocenters. The molecule has 18 heavy (non-hydrogen) atoms. The minimum absolute atomic E-state index is 0.189. The van der Waals surface area contributed by atoms with Crippen molar-refractivity contribution in [3.05, 3.63) is 17.7 Å². The molecule has 1 aromatic rings. The maximum atomic E-state index is 10.6. The van der Waals surface area contributed by atoms with E-state index in [0.29, 0.717) is 22.8 Å². The van der Waals surface area contributed by atoms with Crippen molar-refractivity contribution < 1.29 is 29.8 Å². The molecule has 0 aromatic heterocycles. The fourth-order valence-corrected chi connectivity index (χ4v) is 1.76. The Balaban J connectivity index is 3.23. The lowest BCUT2D eigenvalue weighted by atomic mass is 10.0. The highest BCUT2D eigenvalue weighted by Crippen LogP contribution is 2.41. The summed E-state index contributed by atoms with van der Waals surface area (Å²) >= 11 is 0. The Morgan fingerprint density at radius 3 is 2.28 bits per heavy atom. The summed E-state index contributed by atoms with van der Waals surface area (Å²) in [5.74, 6) is 0.202. The Bertz CT molecular complexity index is 433. The lowest BCUT2D eigenvalue weighted by molar-refractivity contribution is -0.430. The molecule has 0 aliphatic carbocycles. The van der Waals surface area contributed by atoms with Crippen molar-refractivity contribution in [2.75, 3.05) is 21.3 Å². The number of hydrogen-bond donors (Lipinski definition) is 1. The molecule has 0 saturated heterocycles. The van der Waals surface area contributed by atoms with Crippen molar-refractivity contribution in [3.8, 4) is 17.2 Å². The normalized spacial score (nSPS) is 11.8. The van der Waals surface area contributed by atoms with Gasteiger partial charge in [0.2, 0.25) is 5.75 Å². The van der Waals surface area contributed by atoms with E-state index in [1.165, 1.54) is 21.3 Å². The third-order valence-corrected chi connectivity index (χ3v) is 2.59. The highest BCUT2D eigenvalue weighted by molar-refractivity contribution is 5.66. The van der Waals surface area contributed by atoms with Crippen LogP contribution < -0.4 is 25.1 Å². The summed E-state index contributed by atoms with van der Waals surface area (Å²) in [5, 5.41) is 10.6. The van der Waals surface area contributed by atoms with E-state index in [9.17, 15) is 9.90 Å². The van der Waals surface area contributed by atoms with Gasteiger partial charge < -0.3 is 29.8 Å². The second-order valence-electron chi connectivity index (χ2n) is 3.70.